The fraction of sp³-hybridized carbons (Fsp3) is 0.158. The summed E-state index contributed by atoms with van der Waals surface area (Å²) in [5, 5.41) is 2.70. The van der Waals surface area contributed by atoms with Gasteiger partial charge < -0.3 is 0 Å². The molecular formula is C38H40BFe-. The Bertz CT molecular complexity index is 1280. The van der Waals surface area contributed by atoms with Crippen molar-refractivity contribution < 1.29 is 12.8 Å². The Morgan fingerprint density at radius 2 is 0.775 bits per heavy atom. The fourth-order valence-corrected chi connectivity index (χ4v) is 11.5. The van der Waals surface area contributed by atoms with E-state index in [0.29, 0.717) is 0 Å². The van der Waals surface area contributed by atoms with Crippen LogP contribution in [0.4, 0.5) is 0 Å². The second-order valence-corrected chi connectivity index (χ2v) is 15.6. The van der Waals surface area contributed by atoms with Crippen LogP contribution in [0.2, 0.25) is 10.6 Å². The Hall–Kier alpha value is -3.58. The molecule has 0 bridgehead atoms. The standard InChI is InChI=1S/C24H20B.2C5H5.2C2H5.Fe/c1-5-13-21(14-6-1)25(22-15-7-2-8-16-22,23-17-9-3-10-18-23)24-19-11-4-12-20-24;2*1-2-4-5-3-1;2*1-2;/h1-20H;2*1-3H,4H2;2*1H2,2H3;/q-1;;;;;. The molecule has 0 saturated heterocycles. The molecule has 0 aromatic heterocycles. The van der Waals surface area contributed by atoms with Crippen molar-refractivity contribution in [2.24, 2.45) is 0 Å². The average molecular weight is 563 g/mol. The maximum Gasteiger partial charge on any atom is 0.108 e. The largest absolute Gasteiger partial charge is 0.195 e. The number of hydrogen-bond acceptors (Lipinski definition) is 0. The predicted molar refractivity (Wildman–Crippen MR) is 175 cm³/mol. The van der Waals surface area contributed by atoms with E-state index >= 15 is 0 Å². The molecule has 0 radical (unpaired) electrons. The summed E-state index contributed by atoms with van der Waals surface area (Å²) in [6.07, 6.45) is 15.1. The molecule has 2 aliphatic carbocycles. The number of benzene rings is 4. The minimum absolute atomic E-state index is 1.12. The van der Waals surface area contributed by atoms with Gasteiger partial charge in [-0.2, -0.15) is 21.9 Å². The summed E-state index contributed by atoms with van der Waals surface area (Å²) < 4.78 is 3.48. The zero-order valence-corrected chi connectivity index (χ0v) is 24.9. The van der Waals surface area contributed by atoms with E-state index in [4.69, 9.17) is 0 Å². The van der Waals surface area contributed by atoms with Crippen LogP contribution in [0.15, 0.2) is 167 Å². The molecule has 0 saturated carbocycles. The molecule has 0 aliphatic heterocycles. The second-order valence-electron chi connectivity index (χ2n) is 10.2. The first kappa shape index (κ1) is 28.0. The molecule has 2 aliphatic rings. The molecule has 0 N–H and O–H groups in total. The second kappa shape index (κ2) is 13.2. The van der Waals surface area contributed by atoms with Gasteiger partial charge in [-0.3, -0.25) is 0 Å². The summed E-state index contributed by atoms with van der Waals surface area (Å²) in [5.74, 6) is 0. The van der Waals surface area contributed by atoms with E-state index in [1.807, 2.05) is 0 Å². The summed E-state index contributed by atoms with van der Waals surface area (Å²) in [6.45, 7) is 4.75. The van der Waals surface area contributed by atoms with Crippen LogP contribution < -0.4 is 21.9 Å². The van der Waals surface area contributed by atoms with Gasteiger partial charge in [-0.25, -0.2) is 0 Å². The summed E-state index contributed by atoms with van der Waals surface area (Å²) >= 11 is -1.12. The van der Waals surface area contributed by atoms with E-state index in [9.17, 15) is 0 Å². The first-order valence-corrected chi connectivity index (χ1v) is 17.2. The Labute approximate surface area is 244 Å². The van der Waals surface area contributed by atoms with Crippen LogP contribution in [0.25, 0.3) is 0 Å². The van der Waals surface area contributed by atoms with Crippen LogP contribution in [-0.4, -0.2) is 6.15 Å². The number of allylic oxidation sites excluding steroid dienone is 8. The average Bonchev–Trinajstić information content (AvgIpc) is 3.78. The van der Waals surface area contributed by atoms with Crippen LogP contribution in [0.3, 0.4) is 0 Å². The maximum absolute atomic E-state index is 2.38. The van der Waals surface area contributed by atoms with E-state index in [1.165, 1.54) is 45.3 Å². The Morgan fingerprint density at radius 3 is 1.00 bits per heavy atom. The first-order chi connectivity index (χ1) is 19.8. The van der Waals surface area contributed by atoms with Crippen LogP contribution in [0.1, 0.15) is 26.7 Å². The summed E-state index contributed by atoms with van der Waals surface area (Å²) in [6, 6.07) is 43.5. The van der Waals surface area contributed by atoms with Crippen molar-refractivity contribution in [1.29, 1.82) is 0 Å². The molecule has 0 heterocycles. The molecule has 6 rings (SSSR count). The molecule has 204 valence electrons. The molecular weight excluding hydrogens is 523 g/mol. The van der Waals surface area contributed by atoms with Crippen molar-refractivity contribution in [1.82, 2.24) is 0 Å². The molecule has 40 heavy (non-hydrogen) atoms. The quantitative estimate of drug-likeness (QED) is 0.192. The van der Waals surface area contributed by atoms with Crippen LogP contribution in [0, 0.1) is 0 Å². The SMILES string of the molecule is C[CH2][Fe]([CH2]C)([C]1=CC=CC1)[C]1=CC=CC1.c1ccc([B-](c2ccccc2)(c2ccccc2)c2ccccc2)cc1. The van der Waals surface area contributed by atoms with E-state index in [0.717, 1.165) is 0 Å². The molecule has 4 aromatic carbocycles. The Balaban J connectivity index is 0.000000184. The third-order valence-electron chi connectivity index (χ3n) is 8.36. The van der Waals surface area contributed by atoms with E-state index in [1.54, 1.807) is 8.94 Å². The van der Waals surface area contributed by atoms with Crippen molar-refractivity contribution in [3.8, 4) is 0 Å². The summed E-state index contributed by atoms with van der Waals surface area (Å²) in [4.78, 5) is 0. The molecule has 0 fully saturated rings. The summed E-state index contributed by atoms with van der Waals surface area (Å²) in [5.41, 5.74) is 5.36. The van der Waals surface area contributed by atoms with Gasteiger partial charge in [0.2, 0.25) is 0 Å². The molecule has 2 heteroatoms. The van der Waals surface area contributed by atoms with Crippen molar-refractivity contribution in [3.05, 3.63) is 167 Å². The number of rotatable bonds is 8. The van der Waals surface area contributed by atoms with Crippen LogP contribution >= 0.6 is 0 Å². The zero-order chi connectivity index (χ0) is 27.7. The van der Waals surface area contributed by atoms with Crippen LogP contribution in [-0.2, 0) is 12.8 Å². The molecule has 0 atom stereocenters. The van der Waals surface area contributed by atoms with Gasteiger partial charge in [0.1, 0.15) is 6.15 Å². The molecule has 0 spiro atoms. The van der Waals surface area contributed by atoms with E-state index in [2.05, 4.69) is 172 Å². The molecule has 4 aromatic rings. The van der Waals surface area contributed by atoms with Gasteiger partial charge in [-0.1, -0.05) is 121 Å². The molecule has 0 unspecified atom stereocenters. The smallest absolute Gasteiger partial charge is 0.108 e. The third kappa shape index (κ3) is 5.40. The normalized spacial score (nSPS) is 14.8. The minimum Gasteiger partial charge on any atom is -0.195 e. The first-order valence-electron chi connectivity index (χ1n) is 14.5. The fourth-order valence-electron chi connectivity index (χ4n) is 6.42. The van der Waals surface area contributed by atoms with Crippen LogP contribution in [0.5, 0.6) is 0 Å². The van der Waals surface area contributed by atoms with Gasteiger partial charge >= 0.3 is 95.6 Å². The van der Waals surface area contributed by atoms with Gasteiger partial charge in [0.25, 0.3) is 0 Å². The molecule has 0 nitrogen and oxygen atoms in total. The predicted octanol–water partition coefficient (Wildman–Crippen LogP) is 7.77. The third-order valence-corrected chi connectivity index (χ3v) is 14.6. The summed E-state index contributed by atoms with van der Waals surface area (Å²) in [7, 11) is 0. The van der Waals surface area contributed by atoms with Gasteiger partial charge in [0.15, 0.2) is 0 Å². The van der Waals surface area contributed by atoms with Gasteiger partial charge in [0, 0.05) is 0 Å². The topological polar surface area (TPSA) is 0 Å². The van der Waals surface area contributed by atoms with Crippen molar-refractivity contribution >= 4 is 28.0 Å². The van der Waals surface area contributed by atoms with Crippen molar-refractivity contribution in [2.45, 2.75) is 37.3 Å². The Morgan fingerprint density at radius 1 is 0.475 bits per heavy atom. The monoisotopic (exact) mass is 563 g/mol. The van der Waals surface area contributed by atoms with Gasteiger partial charge in [-0.15, -0.1) is 0 Å². The number of hydrogen-bond donors (Lipinski definition) is 0. The van der Waals surface area contributed by atoms with E-state index in [-0.39, 0.29) is 0 Å². The van der Waals surface area contributed by atoms with Crippen molar-refractivity contribution in [3.63, 3.8) is 0 Å². The maximum atomic E-state index is 2.38. The Kier molecular flexibility index (Phi) is 9.22. The van der Waals surface area contributed by atoms with E-state index < -0.39 is 19.0 Å². The van der Waals surface area contributed by atoms with Gasteiger partial charge in [-0.05, 0) is 0 Å². The zero-order valence-electron chi connectivity index (χ0n) is 23.8. The minimum atomic E-state index is -1.22. The van der Waals surface area contributed by atoms with Gasteiger partial charge in [0.05, 0.1) is 0 Å². The molecule has 0 amide bonds. The van der Waals surface area contributed by atoms with Crippen molar-refractivity contribution in [2.75, 3.05) is 0 Å².